The molecule has 3 aromatic rings. The number of hydrogen-bond acceptors (Lipinski definition) is 6. The smallest absolute Gasteiger partial charge is 0.174 e. The number of carbonyl (C=O) groups excluding carboxylic acids is 1. The van der Waals surface area contributed by atoms with E-state index in [-0.39, 0.29) is 11.5 Å². The van der Waals surface area contributed by atoms with Gasteiger partial charge in [0, 0.05) is 23.5 Å². The van der Waals surface area contributed by atoms with Crippen LogP contribution in [0.2, 0.25) is 0 Å². The number of ether oxygens (including phenoxy) is 1. The Morgan fingerprint density at radius 3 is 2.52 bits per heavy atom. The fourth-order valence-electron chi connectivity index (χ4n) is 3.49. The zero-order valence-corrected chi connectivity index (χ0v) is 19.3. The monoisotopic (exact) mass is 434 g/mol. The summed E-state index contributed by atoms with van der Waals surface area (Å²) in [5, 5.41) is 18.2. The molecule has 0 aliphatic heterocycles. The van der Waals surface area contributed by atoms with Crippen LogP contribution in [0.3, 0.4) is 0 Å². The summed E-state index contributed by atoms with van der Waals surface area (Å²) in [6, 6.07) is 12.2. The van der Waals surface area contributed by atoms with Gasteiger partial charge in [-0.25, -0.2) is 0 Å². The van der Waals surface area contributed by atoms with E-state index in [0.717, 1.165) is 46.9 Å². The molecule has 2 aromatic heterocycles. The van der Waals surface area contributed by atoms with Gasteiger partial charge >= 0.3 is 0 Å². The third-order valence-electron chi connectivity index (χ3n) is 5.53. The molecule has 0 saturated carbocycles. The summed E-state index contributed by atoms with van der Waals surface area (Å²) in [5.41, 5.74) is 5.99. The third-order valence-corrected chi connectivity index (χ3v) is 6.50. The molecule has 160 valence electrons. The topological polar surface area (TPSA) is 80.8 Å². The second-order valence-corrected chi connectivity index (χ2v) is 8.41. The van der Waals surface area contributed by atoms with Crippen molar-refractivity contribution in [1.29, 1.82) is 5.26 Å². The first kappa shape index (κ1) is 22.6. The fourth-order valence-corrected chi connectivity index (χ4v) is 4.36. The number of carbonyl (C=O) groups is 1. The highest BCUT2D eigenvalue weighted by Gasteiger charge is 2.18. The number of benzene rings is 1. The van der Waals surface area contributed by atoms with E-state index < -0.39 is 0 Å². The largest absolute Gasteiger partial charge is 0.497 e. The summed E-state index contributed by atoms with van der Waals surface area (Å²) in [4.78, 5) is 12.9. The van der Waals surface area contributed by atoms with E-state index in [1.54, 1.807) is 7.11 Å². The van der Waals surface area contributed by atoms with Gasteiger partial charge in [0.15, 0.2) is 5.78 Å². The van der Waals surface area contributed by atoms with Crippen LogP contribution < -0.4 is 4.74 Å². The van der Waals surface area contributed by atoms with Crippen LogP contribution in [0.25, 0.3) is 0 Å². The molecule has 0 N–H and O–H groups in total. The number of rotatable bonds is 8. The molecule has 0 bridgehead atoms. The molecular weight excluding hydrogens is 408 g/mol. The Morgan fingerprint density at radius 1 is 1.16 bits per heavy atom. The summed E-state index contributed by atoms with van der Waals surface area (Å²) in [6.45, 7) is 8.48. The second kappa shape index (κ2) is 9.80. The van der Waals surface area contributed by atoms with Crippen molar-refractivity contribution in [3.63, 3.8) is 0 Å². The van der Waals surface area contributed by atoms with E-state index in [2.05, 4.69) is 33.0 Å². The fraction of sp³-hybridized carbons (Fsp3) is 0.333. The molecule has 0 radical (unpaired) electrons. The molecule has 2 heterocycles. The zero-order chi connectivity index (χ0) is 22.5. The maximum Gasteiger partial charge on any atom is 0.174 e. The highest BCUT2D eigenvalue weighted by atomic mass is 32.2. The van der Waals surface area contributed by atoms with Gasteiger partial charge < -0.3 is 9.30 Å². The van der Waals surface area contributed by atoms with Crippen molar-refractivity contribution < 1.29 is 9.53 Å². The van der Waals surface area contributed by atoms with Gasteiger partial charge in [-0.2, -0.15) is 10.4 Å². The lowest BCUT2D eigenvalue weighted by atomic mass is 10.1. The molecule has 3 rings (SSSR count). The Balaban J connectivity index is 1.70. The van der Waals surface area contributed by atoms with Gasteiger partial charge in [-0.05, 0) is 63.4 Å². The number of hydrogen-bond donors (Lipinski definition) is 0. The van der Waals surface area contributed by atoms with Crippen LogP contribution in [-0.2, 0) is 13.0 Å². The van der Waals surface area contributed by atoms with Crippen LogP contribution in [0.15, 0.2) is 35.4 Å². The van der Waals surface area contributed by atoms with Gasteiger partial charge in [-0.3, -0.25) is 4.79 Å². The predicted molar refractivity (Wildman–Crippen MR) is 122 cm³/mol. The molecule has 0 unspecified atom stereocenters. The number of aromatic nitrogens is 3. The Hall–Kier alpha value is -3.11. The maximum atomic E-state index is 12.9. The molecule has 31 heavy (non-hydrogen) atoms. The molecule has 1 aromatic carbocycles. The molecule has 0 aliphatic carbocycles. The summed E-state index contributed by atoms with van der Waals surface area (Å²) in [6.07, 6.45) is 0.868. The average molecular weight is 435 g/mol. The van der Waals surface area contributed by atoms with Crippen molar-refractivity contribution in [1.82, 2.24) is 14.8 Å². The third kappa shape index (κ3) is 4.97. The van der Waals surface area contributed by atoms with Crippen LogP contribution in [0, 0.1) is 39.0 Å². The van der Waals surface area contributed by atoms with Crippen molar-refractivity contribution in [2.45, 2.75) is 45.7 Å². The van der Waals surface area contributed by atoms with Crippen molar-refractivity contribution in [2.24, 2.45) is 0 Å². The normalized spacial score (nSPS) is 10.7. The van der Waals surface area contributed by atoms with Gasteiger partial charge in [0.1, 0.15) is 16.8 Å². The molecule has 0 atom stereocenters. The van der Waals surface area contributed by atoms with Crippen LogP contribution in [0.4, 0.5) is 0 Å². The lowest BCUT2D eigenvalue weighted by Gasteiger charge is -2.10. The molecule has 7 heteroatoms. The van der Waals surface area contributed by atoms with Gasteiger partial charge in [0.05, 0.1) is 24.1 Å². The van der Waals surface area contributed by atoms with Crippen molar-refractivity contribution in [3.05, 3.63) is 69.7 Å². The van der Waals surface area contributed by atoms with Crippen molar-refractivity contribution in [2.75, 3.05) is 12.9 Å². The molecule has 0 saturated heterocycles. The summed E-state index contributed by atoms with van der Waals surface area (Å²) < 4.78 is 7.39. The average Bonchev–Trinajstić information content (AvgIpc) is 3.06. The second-order valence-electron chi connectivity index (χ2n) is 7.45. The molecule has 0 aliphatic rings. The molecule has 0 fully saturated rings. The lowest BCUT2D eigenvalue weighted by molar-refractivity contribution is 0.102. The minimum atomic E-state index is 0.0257. The predicted octanol–water partition coefficient (Wildman–Crippen LogP) is 4.61. The summed E-state index contributed by atoms with van der Waals surface area (Å²) in [5.74, 6) is 1.09. The van der Waals surface area contributed by atoms with Crippen molar-refractivity contribution in [3.8, 4) is 11.8 Å². The van der Waals surface area contributed by atoms with Crippen LogP contribution in [-0.4, -0.2) is 33.4 Å². The van der Waals surface area contributed by atoms with E-state index in [1.165, 1.54) is 17.3 Å². The lowest BCUT2D eigenvalue weighted by Crippen LogP contribution is -2.09. The maximum absolute atomic E-state index is 12.9. The van der Waals surface area contributed by atoms with Gasteiger partial charge in [-0.15, -0.1) is 5.10 Å². The highest BCUT2D eigenvalue weighted by Crippen LogP contribution is 2.25. The van der Waals surface area contributed by atoms with Crippen LogP contribution >= 0.6 is 11.8 Å². The van der Waals surface area contributed by atoms with E-state index in [1.807, 2.05) is 45.9 Å². The first-order valence-corrected chi connectivity index (χ1v) is 11.0. The highest BCUT2D eigenvalue weighted by molar-refractivity contribution is 8.00. The Labute approximate surface area is 187 Å². The van der Waals surface area contributed by atoms with Crippen LogP contribution in [0.1, 0.15) is 44.1 Å². The zero-order valence-electron chi connectivity index (χ0n) is 18.5. The number of thioether (sulfide) groups is 1. The Bertz CT molecular complexity index is 1140. The minimum Gasteiger partial charge on any atom is -0.497 e. The standard InChI is InChI=1S/C24H26N4O2S/c1-15-12-21(18(4)28(15)11-10-19-6-8-20(30-5)9-7-19)23(29)14-31-24-22(13-25)16(2)17(3)26-27-24/h6-9,12H,10-11,14H2,1-5H3. The molecule has 0 spiro atoms. The first-order valence-electron chi connectivity index (χ1n) is 10.0. The van der Waals surface area contributed by atoms with Crippen molar-refractivity contribution >= 4 is 17.5 Å². The number of Topliss-reactive ketones (excluding diaryl/α,β-unsaturated/α-hetero) is 1. The summed E-state index contributed by atoms with van der Waals surface area (Å²) >= 11 is 1.27. The number of ketones is 1. The number of methoxy groups -OCH3 is 1. The van der Waals surface area contributed by atoms with Gasteiger partial charge in [0.25, 0.3) is 0 Å². The van der Waals surface area contributed by atoms with E-state index in [4.69, 9.17) is 4.74 Å². The minimum absolute atomic E-state index is 0.0257. The molecule has 6 nitrogen and oxygen atoms in total. The van der Waals surface area contributed by atoms with Gasteiger partial charge in [0.2, 0.25) is 0 Å². The number of aryl methyl sites for hydroxylation is 3. The number of nitrogens with zero attached hydrogens (tertiary/aromatic N) is 4. The molecular formula is C24H26N4O2S. The Kier molecular flexibility index (Phi) is 7.13. The van der Waals surface area contributed by atoms with E-state index in [9.17, 15) is 10.1 Å². The first-order chi connectivity index (χ1) is 14.8. The quantitative estimate of drug-likeness (QED) is 0.380. The van der Waals surface area contributed by atoms with E-state index >= 15 is 0 Å². The molecule has 0 amide bonds. The van der Waals surface area contributed by atoms with E-state index in [0.29, 0.717) is 10.6 Å². The summed E-state index contributed by atoms with van der Waals surface area (Å²) in [7, 11) is 1.66. The SMILES string of the molecule is COc1ccc(CCn2c(C)cc(C(=O)CSc3nnc(C)c(C)c3C#N)c2C)cc1. The van der Waals surface area contributed by atoms with Crippen LogP contribution in [0.5, 0.6) is 5.75 Å². The Morgan fingerprint density at radius 2 is 1.87 bits per heavy atom. The van der Waals surface area contributed by atoms with Gasteiger partial charge in [-0.1, -0.05) is 23.9 Å². The number of nitriles is 1.